The van der Waals surface area contributed by atoms with Gasteiger partial charge < -0.3 is 0 Å². The molecule has 170 valence electrons. The lowest BCUT2D eigenvalue weighted by Gasteiger charge is -2.12. The summed E-state index contributed by atoms with van der Waals surface area (Å²) in [5.74, 6) is -1.53. The molecule has 4 aromatic rings. The predicted molar refractivity (Wildman–Crippen MR) is 126 cm³/mol. The minimum Gasteiger partial charge on any atom is -0.276 e. The van der Waals surface area contributed by atoms with Crippen LogP contribution in [0.4, 0.5) is 17.3 Å². The summed E-state index contributed by atoms with van der Waals surface area (Å²) in [6.45, 7) is 1.77. The van der Waals surface area contributed by atoms with E-state index in [2.05, 4.69) is 31.7 Å². The highest BCUT2D eigenvalue weighted by atomic mass is 16.6. The van der Waals surface area contributed by atoms with Gasteiger partial charge in [0.05, 0.1) is 4.92 Å². The van der Waals surface area contributed by atoms with Crippen LogP contribution in [0.15, 0.2) is 73.1 Å². The highest BCUT2D eigenvalue weighted by molar-refractivity contribution is 6.07. The molecule has 0 atom stereocenters. The van der Waals surface area contributed by atoms with E-state index in [1.807, 2.05) is 24.3 Å². The first-order chi connectivity index (χ1) is 16.5. The van der Waals surface area contributed by atoms with Gasteiger partial charge in [0.25, 0.3) is 11.8 Å². The van der Waals surface area contributed by atoms with E-state index >= 15 is 0 Å². The van der Waals surface area contributed by atoms with E-state index in [-0.39, 0.29) is 11.6 Å². The molecule has 0 spiro atoms. The molecule has 4 rings (SSSR count). The zero-order valence-electron chi connectivity index (χ0n) is 17.9. The van der Waals surface area contributed by atoms with Crippen LogP contribution in [-0.4, -0.2) is 26.7 Å². The van der Waals surface area contributed by atoms with Crippen LogP contribution < -0.4 is 21.7 Å². The maximum atomic E-state index is 12.7. The van der Waals surface area contributed by atoms with Crippen LogP contribution in [0.2, 0.25) is 0 Å². The number of hydrogen-bond acceptors (Lipinski definition) is 8. The zero-order chi connectivity index (χ0) is 24.1. The summed E-state index contributed by atoms with van der Waals surface area (Å²) < 4.78 is 0. The Morgan fingerprint density at radius 1 is 0.794 bits per heavy atom. The van der Waals surface area contributed by atoms with Crippen molar-refractivity contribution < 1.29 is 14.5 Å². The van der Waals surface area contributed by atoms with Gasteiger partial charge in [0.1, 0.15) is 6.33 Å². The van der Waals surface area contributed by atoms with Crippen molar-refractivity contribution in [3.8, 4) is 0 Å². The number of anilines is 2. The number of aryl methyl sites for hydroxylation is 1. The summed E-state index contributed by atoms with van der Waals surface area (Å²) in [5, 5.41) is 13.3. The van der Waals surface area contributed by atoms with Crippen LogP contribution in [-0.2, 0) is 0 Å². The third-order valence-corrected chi connectivity index (χ3v) is 5.02. The number of nitro groups is 1. The van der Waals surface area contributed by atoms with Crippen molar-refractivity contribution in [3.05, 3.63) is 99.9 Å². The fourth-order valence-electron chi connectivity index (χ4n) is 3.35. The number of amides is 2. The van der Waals surface area contributed by atoms with Gasteiger partial charge in [-0.2, -0.15) is 0 Å². The van der Waals surface area contributed by atoms with Crippen LogP contribution in [0, 0.1) is 17.0 Å². The predicted octanol–water partition coefficient (Wildman–Crippen LogP) is 3.36. The quantitative estimate of drug-likeness (QED) is 0.244. The number of aromatic nitrogens is 2. The molecule has 1 heterocycles. The van der Waals surface area contributed by atoms with E-state index in [0.29, 0.717) is 11.1 Å². The van der Waals surface area contributed by atoms with Gasteiger partial charge in [0.2, 0.25) is 11.6 Å². The number of fused-ring (bicyclic) bond motifs is 1. The molecule has 0 unspecified atom stereocenters. The Balaban J connectivity index is 1.52. The van der Waals surface area contributed by atoms with Crippen LogP contribution in [0.3, 0.4) is 0 Å². The molecule has 2 amide bonds. The smallest absolute Gasteiger partial charge is 0.276 e. The number of benzene rings is 3. The van der Waals surface area contributed by atoms with Gasteiger partial charge in [-0.25, -0.2) is 9.97 Å². The maximum Gasteiger partial charge on any atom is 0.356 e. The summed E-state index contributed by atoms with van der Waals surface area (Å²) in [6.07, 6.45) is 1.06. The molecule has 4 N–H and O–H groups in total. The zero-order valence-corrected chi connectivity index (χ0v) is 17.9. The Labute approximate surface area is 193 Å². The Morgan fingerprint density at radius 3 is 2.03 bits per heavy atom. The number of hydrazine groups is 2. The first-order valence-corrected chi connectivity index (χ1v) is 10.1. The van der Waals surface area contributed by atoms with E-state index in [1.165, 1.54) is 0 Å². The fraction of sp³-hybridized carbons (Fsp3) is 0.0435. The maximum absolute atomic E-state index is 12.7. The molecule has 0 aliphatic carbocycles. The Hall–Kier alpha value is -5.06. The highest BCUT2D eigenvalue weighted by Crippen LogP contribution is 2.28. The number of rotatable bonds is 7. The lowest BCUT2D eigenvalue weighted by Crippen LogP contribution is -2.32. The van der Waals surface area contributed by atoms with Crippen molar-refractivity contribution in [2.75, 3.05) is 10.9 Å². The summed E-state index contributed by atoms with van der Waals surface area (Å²) in [4.78, 5) is 43.9. The van der Waals surface area contributed by atoms with Gasteiger partial charge in [0.15, 0.2) is 0 Å². The summed E-state index contributed by atoms with van der Waals surface area (Å²) >= 11 is 0. The summed E-state index contributed by atoms with van der Waals surface area (Å²) in [7, 11) is 0. The van der Waals surface area contributed by atoms with Crippen LogP contribution in [0.5, 0.6) is 0 Å². The van der Waals surface area contributed by atoms with Gasteiger partial charge >= 0.3 is 5.69 Å². The molecule has 0 radical (unpaired) electrons. The topological polar surface area (TPSA) is 151 Å². The molecule has 0 fully saturated rings. The van der Waals surface area contributed by atoms with Gasteiger partial charge in [-0.15, -0.1) is 0 Å². The van der Waals surface area contributed by atoms with E-state index in [9.17, 15) is 19.7 Å². The number of hydrogen-bond donors (Lipinski definition) is 4. The minimum absolute atomic E-state index is 0.260. The average Bonchev–Trinajstić information content (AvgIpc) is 2.85. The molecule has 0 aliphatic rings. The van der Waals surface area contributed by atoms with E-state index < -0.39 is 22.4 Å². The Kier molecular flexibility index (Phi) is 6.26. The molecule has 1 aromatic heterocycles. The lowest BCUT2D eigenvalue weighted by molar-refractivity contribution is -0.383. The molecule has 0 saturated carbocycles. The normalized spacial score (nSPS) is 10.4. The monoisotopic (exact) mass is 457 g/mol. The van der Waals surface area contributed by atoms with E-state index in [0.717, 1.165) is 22.7 Å². The van der Waals surface area contributed by atoms with E-state index in [4.69, 9.17) is 0 Å². The van der Waals surface area contributed by atoms with Gasteiger partial charge in [-0.05, 0) is 35.4 Å². The number of nitrogens with one attached hydrogen (secondary N) is 4. The van der Waals surface area contributed by atoms with Gasteiger partial charge in [-0.3, -0.25) is 41.4 Å². The van der Waals surface area contributed by atoms with E-state index in [1.54, 1.807) is 49.4 Å². The second kappa shape index (κ2) is 9.61. The number of nitrogens with zero attached hydrogens (tertiary/aromatic N) is 3. The Bertz CT molecular complexity index is 1400. The summed E-state index contributed by atoms with van der Waals surface area (Å²) in [6, 6.07) is 19.5. The molecule has 3 aromatic carbocycles. The molecule has 0 aliphatic heterocycles. The second-order valence-corrected chi connectivity index (χ2v) is 7.18. The molecule has 34 heavy (non-hydrogen) atoms. The fourth-order valence-corrected chi connectivity index (χ4v) is 3.35. The van der Waals surface area contributed by atoms with Crippen molar-refractivity contribution in [1.29, 1.82) is 0 Å². The molecule has 0 bridgehead atoms. The Morgan fingerprint density at radius 2 is 1.35 bits per heavy atom. The van der Waals surface area contributed by atoms with Crippen molar-refractivity contribution in [2.45, 2.75) is 6.92 Å². The third kappa shape index (κ3) is 4.58. The van der Waals surface area contributed by atoms with Crippen molar-refractivity contribution in [3.63, 3.8) is 0 Å². The molecular formula is C23H19N7O4. The van der Waals surface area contributed by atoms with Crippen LogP contribution in [0.25, 0.3) is 10.8 Å². The van der Waals surface area contributed by atoms with Gasteiger partial charge in [-0.1, -0.05) is 54.6 Å². The minimum atomic E-state index is -0.728. The van der Waals surface area contributed by atoms with Gasteiger partial charge in [0, 0.05) is 11.1 Å². The van der Waals surface area contributed by atoms with Crippen LogP contribution >= 0.6 is 0 Å². The lowest BCUT2D eigenvalue weighted by atomic mass is 10.0. The molecular weight excluding hydrogens is 438 g/mol. The second-order valence-electron chi connectivity index (χ2n) is 7.18. The van der Waals surface area contributed by atoms with Crippen molar-refractivity contribution >= 4 is 39.9 Å². The number of carbonyl (C=O) groups excluding carboxylic acids is 2. The standard InChI is InChI=1S/C23H19N7O4/c1-14-7-2-4-10-16(14)22(31)28-26-20-19(30(33)34)21(25-13-24-20)27-29-23(32)18-12-6-9-15-8-3-5-11-17(15)18/h2-13H,1H3,(H,28,31)(H,29,32)(H2,24,25,26,27). The third-order valence-electron chi connectivity index (χ3n) is 5.02. The summed E-state index contributed by atoms with van der Waals surface area (Å²) in [5.41, 5.74) is 10.7. The first-order valence-electron chi connectivity index (χ1n) is 10.1. The van der Waals surface area contributed by atoms with Crippen LogP contribution in [0.1, 0.15) is 26.3 Å². The SMILES string of the molecule is Cc1ccccc1C(=O)NNc1ncnc(NNC(=O)c2cccc3ccccc23)c1[N+](=O)[O-]. The van der Waals surface area contributed by atoms with Crippen molar-refractivity contribution in [1.82, 2.24) is 20.8 Å². The molecule has 11 heteroatoms. The first kappa shape index (κ1) is 22.1. The highest BCUT2D eigenvalue weighted by Gasteiger charge is 2.24. The molecule has 11 nitrogen and oxygen atoms in total. The largest absolute Gasteiger partial charge is 0.356 e. The van der Waals surface area contributed by atoms with Crippen molar-refractivity contribution in [2.24, 2.45) is 0 Å². The average molecular weight is 457 g/mol. The number of carbonyl (C=O) groups is 2. The molecule has 0 saturated heterocycles.